The minimum atomic E-state index is -0.827. The van der Waals surface area contributed by atoms with Gasteiger partial charge in [0.1, 0.15) is 5.82 Å². The quantitative estimate of drug-likeness (QED) is 0.477. The first-order valence-electron chi connectivity index (χ1n) is 6.04. The second-order valence-corrected chi connectivity index (χ2v) is 4.61. The van der Waals surface area contributed by atoms with E-state index in [1.807, 2.05) is 11.9 Å². The fraction of sp³-hybridized carbons (Fsp3) is 0.462. The van der Waals surface area contributed by atoms with Crippen molar-refractivity contribution in [3.8, 4) is 0 Å². The smallest absolute Gasteiger partial charge is 0.191 e. The van der Waals surface area contributed by atoms with Crippen LogP contribution in [0.3, 0.4) is 0 Å². The number of aliphatic hydroxyl groups is 1. The number of nitrogens with two attached hydrogens (primary N) is 1. The lowest BCUT2D eigenvalue weighted by molar-refractivity contribution is 0.186. The van der Waals surface area contributed by atoms with Gasteiger partial charge in [-0.2, -0.15) is 0 Å². The van der Waals surface area contributed by atoms with Crippen LogP contribution in [0.5, 0.6) is 0 Å². The number of nitrogens with zero attached hydrogens (tertiary/aromatic N) is 2. The molecule has 0 heterocycles. The molecule has 3 N–H and O–H groups in total. The molecule has 1 saturated carbocycles. The monoisotopic (exact) mass is 379 g/mol. The molecule has 1 unspecified atom stereocenters. The number of rotatable bonds is 4. The highest BCUT2D eigenvalue weighted by molar-refractivity contribution is 14.0. The molecule has 0 bridgehead atoms. The predicted octanol–water partition coefficient (Wildman–Crippen LogP) is 1.89. The summed E-state index contributed by atoms with van der Waals surface area (Å²) in [6.07, 6.45) is 1.45. The Morgan fingerprint density at radius 1 is 1.58 bits per heavy atom. The second-order valence-electron chi connectivity index (χ2n) is 4.61. The van der Waals surface area contributed by atoms with Gasteiger partial charge < -0.3 is 15.7 Å². The van der Waals surface area contributed by atoms with Crippen LogP contribution in [0.25, 0.3) is 0 Å². The molecule has 1 aromatic carbocycles. The van der Waals surface area contributed by atoms with Crippen molar-refractivity contribution in [2.24, 2.45) is 10.7 Å². The average molecular weight is 379 g/mol. The zero-order chi connectivity index (χ0) is 13.1. The Hall–Kier alpha value is -0.890. The fourth-order valence-corrected chi connectivity index (χ4v) is 1.76. The number of aliphatic hydroxyl groups excluding tert-OH is 1. The van der Waals surface area contributed by atoms with E-state index in [-0.39, 0.29) is 36.3 Å². The summed E-state index contributed by atoms with van der Waals surface area (Å²) in [5.74, 6) is 0.0616. The van der Waals surface area contributed by atoms with E-state index < -0.39 is 6.10 Å². The average Bonchev–Trinajstić information content (AvgIpc) is 3.18. The zero-order valence-corrected chi connectivity index (χ0v) is 13.1. The fourth-order valence-electron chi connectivity index (χ4n) is 1.76. The van der Waals surface area contributed by atoms with E-state index in [2.05, 4.69) is 4.99 Å². The van der Waals surface area contributed by atoms with Crippen LogP contribution in [0.1, 0.15) is 24.5 Å². The summed E-state index contributed by atoms with van der Waals surface area (Å²) in [7, 11) is 1.89. The van der Waals surface area contributed by atoms with Crippen LogP contribution in [0, 0.1) is 5.82 Å². The Labute approximate surface area is 129 Å². The van der Waals surface area contributed by atoms with Gasteiger partial charge in [-0.3, -0.25) is 4.99 Å². The van der Waals surface area contributed by atoms with Crippen LogP contribution in [-0.4, -0.2) is 35.6 Å². The molecule has 6 heteroatoms. The molecular formula is C13H19FIN3O. The molecule has 1 fully saturated rings. The van der Waals surface area contributed by atoms with Crippen molar-refractivity contribution in [3.63, 3.8) is 0 Å². The Bertz CT molecular complexity index is 451. The molecule has 0 radical (unpaired) electrons. The number of guanidine groups is 1. The Morgan fingerprint density at radius 3 is 2.84 bits per heavy atom. The summed E-state index contributed by atoms with van der Waals surface area (Å²) in [4.78, 5) is 6.05. The summed E-state index contributed by atoms with van der Waals surface area (Å²) in [6.45, 7) is 0.145. The molecule has 1 aliphatic carbocycles. The third-order valence-electron chi connectivity index (χ3n) is 3.12. The minimum Gasteiger partial charge on any atom is -0.386 e. The lowest BCUT2D eigenvalue weighted by Crippen LogP contribution is -2.36. The van der Waals surface area contributed by atoms with E-state index in [1.54, 1.807) is 12.1 Å². The molecule has 0 aromatic heterocycles. The first-order valence-corrected chi connectivity index (χ1v) is 6.04. The third-order valence-corrected chi connectivity index (χ3v) is 3.12. The maximum Gasteiger partial charge on any atom is 0.191 e. The van der Waals surface area contributed by atoms with Crippen LogP contribution < -0.4 is 5.73 Å². The summed E-state index contributed by atoms with van der Waals surface area (Å²) in [5.41, 5.74) is 6.32. The van der Waals surface area contributed by atoms with Gasteiger partial charge in [0, 0.05) is 13.1 Å². The maximum absolute atomic E-state index is 13.0. The summed E-state index contributed by atoms with van der Waals surface area (Å²) >= 11 is 0. The molecule has 4 nitrogen and oxygen atoms in total. The SMILES string of the molecule is CN(C(N)=NCC(O)c1cccc(F)c1)C1CC1.I. The van der Waals surface area contributed by atoms with E-state index in [1.165, 1.54) is 12.1 Å². The zero-order valence-electron chi connectivity index (χ0n) is 10.8. The molecule has 1 atom stereocenters. The van der Waals surface area contributed by atoms with Gasteiger partial charge in [-0.05, 0) is 30.5 Å². The normalized spacial score (nSPS) is 16.7. The van der Waals surface area contributed by atoms with E-state index in [0.717, 1.165) is 12.8 Å². The summed E-state index contributed by atoms with van der Waals surface area (Å²) in [5, 5.41) is 9.88. The van der Waals surface area contributed by atoms with Crippen molar-refractivity contribution in [1.82, 2.24) is 4.90 Å². The van der Waals surface area contributed by atoms with Crippen molar-refractivity contribution in [3.05, 3.63) is 35.6 Å². The highest BCUT2D eigenvalue weighted by atomic mass is 127. The Morgan fingerprint density at radius 2 is 2.26 bits per heavy atom. The van der Waals surface area contributed by atoms with Gasteiger partial charge in [-0.1, -0.05) is 12.1 Å². The van der Waals surface area contributed by atoms with Crippen molar-refractivity contribution in [1.29, 1.82) is 0 Å². The van der Waals surface area contributed by atoms with Crippen LogP contribution in [0.4, 0.5) is 4.39 Å². The lowest BCUT2D eigenvalue weighted by atomic mass is 10.1. The molecule has 19 heavy (non-hydrogen) atoms. The molecule has 0 saturated heterocycles. The van der Waals surface area contributed by atoms with Crippen molar-refractivity contribution in [2.45, 2.75) is 25.0 Å². The van der Waals surface area contributed by atoms with Crippen LogP contribution in [0.2, 0.25) is 0 Å². The molecule has 1 aliphatic rings. The standard InChI is InChI=1S/C13H18FN3O.HI/c1-17(11-5-6-11)13(15)16-8-12(18)9-3-2-4-10(14)7-9;/h2-4,7,11-12,18H,5-6,8H2,1H3,(H2,15,16);1H. The largest absolute Gasteiger partial charge is 0.386 e. The number of benzene rings is 1. The number of aliphatic imine (C=N–C) groups is 1. The van der Waals surface area contributed by atoms with Gasteiger partial charge in [0.15, 0.2) is 5.96 Å². The second kappa shape index (κ2) is 7.04. The molecule has 2 rings (SSSR count). The number of hydrogen-bond acceptors (Lipinski definition) is 2. The minimum absolute atomic E-state index is 0. The molecule has 0 aliphatic heterocycles. The van der Waals surface area contributed by atoms with Crippen LogP contribution >= 0.6 is 24.0 Å². The summed E-state index contributed by atoms with van der Waals surface area (Å²) in [6, 6.07) is 6.37. The Kier molecular flexibility index (Phi) is 5.99. The van der Waals surface area contributed by atoms with Gasteiger partial charge in [0.2, 0.25) is 0 Å². The van der Waals surface area contributed by atoms with Gasteiger partial charge in [0.05, 0.1) is 12.6 Å². The first-order chi connectivity index (χ1) is 8.58. The topological polar surface area (TPSA) is 61.8 Å². The van der Waals surface area contributed by atoms with Crippen molar-refractivity contribution in [2.75, 3.05) is 13.6 Å². The van der Waals surface area contributed by atoms with E-state index in [9.17, 15) is 9.50 Å². The van der Waals surface area contributed by atoms with E-state index in [0.29, 0.717) is 17.6 Å². The number of halogens is 2. The molecule has 1 aromatic rings. The Balaban J connectivity index is 0.00000180. The highest BCUT2D eigenvalue weighted by Crippen LogP contribution is 2.25. The van der Waals surface area contributed by atoms with Crippen LogP contribution in [-0.2, 0) is 0 Å². The van der Waals surface area contributed by atoms with E-state index >= 15 is 0 Å². The maximum atomic E-state index is 13.0. The summed E-state index contributed by atoms with van der Waals surface area (Å²) < 4.78 is 13.0. The third kappa shape index (κ3) is 4.61. The number of hydrogen-bond donors (Lipinski definition) is 2. The molecule has 0 spiro atoms. The molecular weight excluding hydrogens is 360 g/mol. The van der Waals surface area contributed by atoms with Gasteiger partial charge >= 0.3 is 0 Å². The molecule has 0 amide bonds. The lowest BCUT2D eigenvalue weighted by Gasteiger charge is -2.17. The molecule has 106 valence electrons. The first kappa shape index (κ1) is 16.2. The predicted molar refractivity (Wildman–Crippen MR) is 84.0 cm³/mol. The van der Waals surface area contributed by atoms with Gasteiger partial charge in [0.25, 0.3) is 0 Å². The van der Waals surface area contributed by atoms with E-state index in [4.69, 9.17) is 5.73 Å². The van der Waals surface area contributed by atoms with Crippen molar-refractivity contribution >= 4 is 29.9 Å². The van der Waals surface area contributed by atoms with Crippen molar-refractivity contribution < 1.29 is 9.50 Å². The highest BCUT2D eigenvalue weighted by Gasteiger charge is 2.27. The van der Waals surface area contributed by atoms with Gasteiger partial charge in [-0.25, -0.2) is 4.39 Å². The van der Waals surface area contributed by atoms with Gasteiger partial charge in [-0.15, -0.1) is 24.0 Å². The van der Waals surface area contributed by atoms with Crippen LogP contribution in [0.15, 0.2) is 29.3 Å².